The van der Waals surface area contributed by atoms with E-state index in [0.29, 0.717) is 5.92 Å². The number of nitrogens with one attached hydrogen (secondary N) is 1. The average molecular weight is 384 g/mol. The summed E-state index contributed by atoms with van der Waals surface area (Å²) in [5.41, 5.74) is 1.38. The van der Waals surface area contributed by atoms with Gasteiger partial charge in [-0.05, 0) is 18.4 Å². The van der Waals surface area contributed by atoms with Crippen LogP contribution in [0.2, 0.25) is 0 Å². The number of hydrogen-bond donors (Lipinski definition) is 1. The van der Waals surface area contributed by atoms with Crippen LogP contribution in [-0.2, 0) is 6.54 Å². The molecular weight excluding hydrogens is 340 g/mol. The molecule has 2 rings (SSSR count). The Bertz CT molecular complexity index is 602. The van der Waals surface area contributed by atoms with Crippen LogP contribution in [0.5, 0.6) is 0 Å². The number of aromatic amines is 1. The minimum absolute atomic E-state index is 0.670. The van der Waals surface area contributed by atoms with E-state index in [1.54, 1.807) is 0 Å². The third-order valence-electron chi connectivity index (χ3n) is 5.94. The number of rotatable bonds is 16. The van der Waals surface area contributed by atoms with Gasteiger partial charge in [0.15, 0.2) is 0 Å². The zero-order chi connectivity index (χ0) is 19.9. The zero-order valence-electron chi connectivity index (χ0n) is 18.5. The molecule has 1 N–H and O–H groups in total. The van der Waals surface area contributed by atoms with E-state index in [1.165, 1.54) is 94.9 Å². The van der Waals surface area contributed by atoms with Crippen molar-refractivity contribution in [3.8, 4) is 0 Å². The molecule has 2 heteroatoms. The van der Waals surface area contributed by atoms with Crippen LogP contribution in [0.1, 0.15) is 115 Å². The Morgan fingerprint density at radius 1 is 0.750 bits per heavy atom. The molecule has 0 radical (unpaired) electrons. The van der Waals surface area contributed by atoms with Crippen molar-refractivity contribution < 1.29 is 4.57 Å². The molecule has 2 aromatic rings. The highest BCUT2D eigenvalue weighted by Gasteiger charge is 2.22. The molecule has 1 aromatic heterocycles. The number of imidazole rings is 1. The first-order valence-electron chi connectivity index (χ1n) is 12.0. The second-order valence-corrected chi connectivity index (χ2v) is 8.42. The predicted molar refractivity (Wildman–Crippen MR) is 121 cm³/mol. The summed E-state index contributed by atoms with van der Waals surface area (Å²) in [5, 5.41) is 0. The second kappa shape index (κ2) is 14.4. The monoisotopic (exact) mass is 383 g/mol. The lowest BCUT2D eigenvalue weighted by Crippen LogP contribution is -2.38. The Morgan fingerprint density at radius 2 is 1.36 bits per heavy atom. The molecule has 2 nitrogen and oxygen atoms in total. The molecule has 0 saturated carbocycles. The molecule has 0 saturated heterocycles. The van der Waals surface area contributed by atoms with Gasteiger partial charge in [0.25, 0.3) is 5.82 Å². The topological polar surface area (TPSA) is 19.7 Å². The van der Waals surface area contributed by atoms with Gasteiger partial charge in [0, 0.05) is 0 Å². The van der Waals surface area contributed by atoms with Crippen LogP contribution in [0, 0.1) is 0 Å². The second-order valence-electron chi connectivity index (χ2n) is 8.42. The van der Waals surface area contributed by atoms with Crippen LogP contribution in [-0.4, -0.2) is 4.98 Å². The fourth-order valence-corrected chi connectivity index (χ4v) is 4.22. The van der Waals surface area contributed by atoms with Crippen LogP contribution in [0.25, 0.3) is 0 Å². The third-order valence-corrected chi connectivity index (χ3v) is 5.94. The van der Waals surface area contributed by atoms with Crippen molar-refractivity contribution in [2.45, 2.75) is 110 Å². The molecule has 0 aliphatic carbocycles. The first-order valence-corrected chi connectivity index (χ1v) is 12.0. The molecule has 0 spiro atoms. The van der Waals surface area contributed by atoms with E-state index in [4.69, 9.17) is 0 Å². The van der Waals surface area contributed by atoms with Gasteiger partial charge in [0.05, 0.1) is 5.92 Å². The van der Waals surface area contributed by atoms with Crippen molar-refractivity contribution in [1.29, 1.82) is 0 Å². The van der Waals surface area contributed by atoms with Gasteiger partial charge in [-0.15, -0.1) is 0 Å². The molecule has 156 valence electrons. The molecule has 1 atom stereocenters. The van der Waals surface area contributed by atoms with Crippen LogP contribution in [0.15, 0.2) is 42.7 Å². The van der Waals surface area contributed by atoms with E-state index < -0.39 is 0 Å². The van der Waals surface area contributed by atoms with Crippen molar-refractivity contribution in [2.24, 2.45) is 0 Å². The van der Waals surface area contributed by atoms with Gasteiger partial charge in [-0.2, -0.15) is 0 Å². The molecule has 1 aromatic carbocycles. The molecule has 0 aliphatic rings. The molecule has 0 unspecified atom stereocenters. The highest BCUT2D eigenvalue weighted by molar-refractivity contribution is 5.13. The standard InChI is InChI=1S/C26H42N2/c1-3-5-7-8-9-10-11-12-16-20-25(19-6-4-2)26-27-21-22-28(26)23-24-17-14-13-15-18-24/h13-15,17-18,21-22,25H,3-12,16,19-20,23H2,1-2H3/p+1/t25-/m0/s1. The average Bonchev–Trinajstić information content (AvgIpc) is 3.17. The van der Waals surface area contributed by atoms with Gasteiger partial charge in [-0.3, -0.25) is 0 Å². The fourth-order valence-electron chi connectivity index (χ4n) is 4.22. The lowest BCUT2D eigenvalue weighted by molar-refractivity contribution is -0.695. The van der Waals surface area contributed by atoms with Crippen molar-refractivity contribution in [2.75, 3.05) is 0 Å². The van der Waals surface area contributed by atoms with Crippen LogP contribution < -0.4 is 4.57 Å². The number of benzene rings is 1. The number of unbranched alkanes of at least 4 members (excludes halogenated alkanes) is 9. The molecule has 0 amide bonds. The Hall–Kier alpha value is -1.57. The fraction of sp³-hybridized carbons (Fsp3) is 0.654. The van der Waals surface area contributed by atoms with Crippen molar-refractivity contribution >= 4 is 0 Å². The van der Waals surface area contributed by atoms with Gasteiger partial charge in [-0.25, -0.2) is 9.55 Å². The molecule has 0 fully saturated rings. The predicted octanol–water partition coefficient (Wildman–Crippen LogP) is 7.55. The maximum Gasteiger partial charge on any atom is 0.257 e. The van der Waals surface area contributed by atoms with E-state index in [1.807, 2.05) is 0 Å². The lowest BCUT2D eigenvalue weighted by Gasteiger charge is -2.14. The number of aromatic nitrogens is 2. The summed E-state index contributed by atoms with van der Waals surface area (Å²) < 4.78 is 2.43. The van der Waals surface area contributed by atoms with Crippen LogP contribution in [0.4, 0.5) is 0 Å². The molecule has 0 aliphatic heterocycles. The normalized spacial score (nSPS) is 12.4. The van der Waals surface area contributed by atoms with Gasteiger partial charge in [0.1, 0.15) is 18.9 Å². The minimum Gasteiger partial charge on any atom is -0.247 e. The number of H-pyrrole nitrogens is 1. The highest BCUT2D eigenvalue weighted by Crippen LogP contribution is 2.25. The summed E-state index contributed by atoms with van der Waals surface area (Å²) in [6.07, 6.45) is 22.3. The Labute approximate surface area is 173 Å². The maximum atomic E-state index is 3.58. The van der Waals surface area contributed by atoms with Gasteiger partial charge < -0.3 is 0 Å². The summed E-state index contributed by atoms with van der Waals surface area (Å²) in [5.74, 6) is 2.10. The number of nitrogens with zero attached hydrogens (tertiary/aromatic N) is 1. The quantitative estimate of drug-likeness (QED) is 0.228. The van der Waals surface area contributed by atoms with Crippen LogP contribution >= 0.6 is 0 Å². The van der Waals surface area contributed by atoms with E-state index in [2.05, 4.69) is 66.1 Å². The van der Waals surface area contributed by atoms with Crippen molar-refractivity contribution in [3.05, 3.63) is 54.1 Å². The first kappa shape index (κ1) is 22.7. The molecule has 0 bridgehead atoms. The molecule has 28 heavy (non-hydrogen) atoms. The summed E-state index contributed by atoms with van der Waals surface area (Å²) >= 11 is 0. The van der Waals surface area contributed by atoms with Crippen LogP contribution in [0.3, 0.4) is 0 Å². The summed E-state index contributed by atoms with van der Waals surface area (Å²) in [4.78, 5) is 3.58. The SMILES string of the molecule is CCCCCCCCCCC[C@H](CCCC)c1[nH]cc[n+]1Cc1ccccc1. The third kappa shape index (κ3) is 8.63. The minimum atomic E-state index is 0.670. The van der Waals surface area contributed by atoms with Gasteiger partial charge in [0.2, 0.25) is 0 Å². The summed E-state index contributed by atoms with van der Waals surface area (Å²) in [7, 11) is 0. The smallest absolute Gasteiger partial charge is 0.247 e. The van der Waals surface area contributed by atoms with E-state index >= 15 is 0 Å². The number of hydrogen-bond acceptors (Lipinski definition) is 0. The van der Waals surface area contributed by atoms with E-state index in [0.717, 1.165) is 6.54 Å². The summed E-state index contributed by atoms with van der Waals surface area (Å²) in [6.45, 7) is 5.57. The van der Waals surface area contributed by atoms with E-state index in [-0.39, 0.29) is 0 Å². The van der Waals surface area contributed by atoms with Crippen molar-refractivity contribution in [1.82, 2.24) is 4.98 Å². The Balaban J connectivity index is 1.79. The maximum absolute atomic E-state index is 3.58. The lowest BCUT2D eigenvalue weighted by atomic mass is 9.94. The first-order chi connectivity index (χ1) is 13.8. The van der Waals surface area contributed by atoms with Crippen molar-refractivity contribution in [3.63, 3.8) is 0 Å². The zero-order valence-corrected chi connectivity index (χ0v) is 18.5. The highest BCUT2D eigenvalue weighted by atomic mass is 15.1. The Kier molecular flexibility index (Phi) is 11.7. The molecular formula is C26H43N2+. The molecule has 1 heterocycles. The van der Waals surface area contributed by atoms with E-state index in [9.17, 15) is 0 Å². The summed E-state index contributed by atoms with van der Waals surface area (Å²) in [6, 6.07) is 10.8. The van der Waals surface area contributed by atoms with Gasteiger partial charge in [-0.1, -0.05) is 115 Å². The Morgan fingerprint density at radius 3 is 2.04 bits per heavy atom. The largest absolute Gasteiger partial charge is 0.257 e. The van der Waals surface area contributed by atoms with Gasteiger partial charge >= 0.3 is 0 Å².